The molecule has 1 saturated heterocycles. The number of carbonyl (C=O) groups is 4. The molecule has 0 aromatic carbocycles. The van der Waals surface area contributed by atoms with Crippen LogP contribution < -0.4 is 21.9 Å². The van der Waals surface area contributed by atoms with Gasteiger partial charge >= 0.3 is 37.8 Å². The van der Waals surface area contributed by atoms with Crippen LogP contribution in [0.25, 0.3) is 0 Å². The second kappa shape index (κ2) is 18.4. The second-order valence-electron chi connectivity index (χ2n) is 12.0. The number of urea groups is 1. The van der Waals surface area contributed by atoms with Crippen LogP contribution >= 0.6 is 7.82 Å². The first kappa shape index (κ1) is 43.1. The van der Waals surface area contributed by atoms with Gasteiger partial charge in [0.25, 0.3) is 5.56 Å². The van der Waals surface area contributed by atoms with Gasteiger partial charge in [0.1, 0.15) is 18.3 Å². The molecule has 1 fully saturated rings. The zero-order chi connectivity index (χ0) is 38.7. The van der Waals surface area contributed by atoms with Gasteiger partial charge in [-0.15, -0.1) is 0 Å². The van der Waals surface area contributed by atoms with Crippen molar-refractivity contribution in [3.63, 3.8) is 0 Å². The summed E-state index contributed by atoms with van der Waals surface area (Å²) in [6.45, 7) is 4.91. The SMILES string of the molecule is CNC(=O)NC(C(=O)O[C@@H]1[C@@](CF)(COP(=O)(OCOC(=O)OC(C)C)OCOC(=O)OC(C)C)O[C@@H](n2ccc(=O)[nH]c2=O)[C@]1(C)O)C(C)C. The first-order valence-corrected chi connectivity index (χ1v) is 16.8. The molecule has 51 heavy (non-hydrogen) atoms. The fourth-order valence-corrected chi connectivity index (χ4v) is 5.39. The predicted molar refractivity (Wildman–Crippen MR) is 168 cm³/mol. The topological polar surface area (TPSA) is 268 Å². The minimum Gasteiger partial charge on any atom is -0.454 e. The maximum absolute atomic E-state index is 15.3. The van der Waals surface area contributed by atoms with E-state index in [4.69, 9.17) is 32.5 Å². The first-order chi connectivity index (χ1) is 23.7. The van der Waals surface area contributed by atoms with Gasteiger partial charge in [0.15, 0.2) is 17.9 Å². The van der Waals surface area contributed by atoms with E-state index in [0.29, 0.717) is 4.57 Å². The molecule has 0 bridgehead atoms. The minimum absolute atomic E-state index is 0.613. The van der Waals surface area contributed by atoms with Crippen LogP contribution in [0.15, 0.2) is 21.9 Å². The highest BCUT2D eigenvalue weighted by atomic mass is 31.2. The number of halogens is 1. The standard InChI is InChI=1S/C28H44FN4O17P/c1-15(2)19(32-23(36)30-8)20(35)49-21-27(7,40)22(33-10-9-18(34)31-24(33)37)50-28(21,11-29)12-44-51(41,45-13-42-25(38)47-16(3)4)46-14-43-26(39)48-17(5)6/h9-10,15-17,19,21-22,40H,11-14H2,1-8H3,(H2,30,32,36)(H,31,34,37)/t19?,21-,22+,27+,28+/m0/s1. The number of nitrogens with zero attached hydrogens (tertiary/aromatic N) is 1. The molecule has 5 atom stereocenters. The van der Waals surface area contributed by atoms with Gasteiger partial charge in [0, 0.05) is 19.3 Å². The summed E-state index contributed by atoms with van der Waals surface area (Å²) < 4.78 is 75.3. The maximum Gasteiger partial charge on any atom is 0.510 e. The first-order valence-electron chi connectivity index (χ1n) is 15.4. The molecule has 1 aromatic heterocycles. The van der Waals surface area contributed by atoms with E-state index in [9.17, 15) is 38.4 Å². The Morgan fingerprint density at radius 1 is 1.02 bits per heavy atom. The van der Waals surface area contributed by atoms with Crippen LogP contribution in [-0.4, -0.2) is 108 Å². The minimum atomic E-state index is -5.09. The number of phosphoric ester groups is 1. The number of phosphoric acid groups is 1. The monoisotopic (exact) mass is 758 g/mol. The third kappa shape index (κ3) is 12.0. The average Bonchev–Trinajstić information content (AvgIpc) is 3.23. The number of esters is 1. The Morgan fingerprint density at radius 3 is 2.02 bits per heavy atom. The fraction of sp³-hybridized carbons (Fsp3) is 0.714. The zero-order valence-electron chi connectivity index (χ0n) is 29.2. The summed E-state index contributed by atoms with van der Waals surface area (Å²) in [5.74, 6) is -1.82. The van der Waals surface area contributed by atoms with Crippen LogP contribution in [0.4, 0.5) is 18.8 Å². The van der Waals surface area contributed by atoms with Gasteiger partial charge in [-0.2, -0.15) is 0 Å². The van der Waals surface area contributed by atoms with Crippen molar-refractivity contribution < 1.29 is 75.2 Å². The van der Waals surface area contributed by atoms with Crippen LogP contribution in [0, 0.1) is 5.92 Å². The van der Waals surface area contributed by atoms with E-state index in [1.54, 1.807) is 13.8 Å². The largest absolute Gasteiger partial charge is 0.510 e. The van der Waals surface area contributed by atoms with Crippen molar-refractivity contribution in [3.05, 3.63) is 33.1 Å². The van der Waals surface area contributed by atoms with Gasteiger partial charge < -0.3 is 44.2 Å². The summed E-state index contributed by atoms with van der Waals surface area (Å²) in [6, 6.07) is -1.27. The lowest BCUT2D eigenvalue weighted by atomic mass is 9.88. The number of aliphatic hydroxyl groups is 1. The van der Waals surface area contributed by atoms with Gasteiger partial charge in [-0.1, -0.05) is 13.8 Å². The Labute approximate surface area is 290 Å². The van der Waals surface area contributed by atoms with E-state index in [1.807, 2.05) is 4.98 Å². The molecule has 0 radical (unpaired) electrons. The third-order valence-corrected chi connectivity index (χ3v) is 8.05. The molecular weight excluding hydrogens is 714 g/mol. The lowest BCUT2D eigenvalue weighted by Gasteiger charge is -2.36. The summed E-state index contributed by atoms with van der Waals surface area (Å²) in [5, 5.41) is 16.4. The van der Waals surface area contributed by atoms with Crippen LogP contribution in [0.1, 0.15) is 54.7 Å². The van der Waals surface area contributed by atoms with E-state index >= 15 is 4.39 Å². The highest BCUT2D eigenvalue weighted by molar-refractivity contribution is 7.48. The Kier molecular flexibility index (Phi) is 15.6. The van der Waals surface area contributed by atoms with Crippen LogP contribution in [0.3, 0.4) is 0 Å². The number of hydrogen-bond donors (Lipinski definition) is 4. The van der Waals surface area contributed by atoms with Crippen LogP contribution in [0.2, 0.25) is 0 Å². The van der Waals surface area contributed by atoms with E-state index in [-0.39, 0.29) is 0 Å². The number of aromatic amines is 1. The van der Waals surface area contributed by atoms with Gasteiger partial charge in [0.2, 0.25) is 13.6 Å². The van der Waals surface area contributed by atoms with E-state index in [1.165, 1.54) is 34.7 Å². The number of alkyl halides is 1. The zero-order valence-corrected chi connectivity index (χ0v) is 30.1. The fourth-order valence-electron chi connectivity index (χ4n) is 4.42. The quantitative estimate of drug-likeness (QED) is 0.0760. The maximum atomic E-state index is 15.3. The average molecular weight is 759 g/mol. The summed E-state index contributed by atoms with van der Waals surface area (Å²) in [6.07, 6.45) is -6.85. The Hall–Kier alpha value is -4.08. The molecule has 0 saturated carbocycles. The van der Waals surface area contributed by atoms with Crippen molar-refractivity contribution >= 4 is 32.1 Å². The molecule has 0 spiro atoms. The summed E-state index contributed by atoms with van der Waals surface area (Å²) in [4.78, 5) is 75.6. The Balaban J connectivity index is 2.53. The number of amides is 2. The molecular formula is C28H44FN4O17P. The number of rotatable bonds is 17. The number of aromatic nitrogens is 2. The smallest absolute Gasteiger partial charge is 0.454 e. The van der Waals surface area contributed by atoms with E-state index in [2.05, 4.69) is 20.1 Å². The normalized spacial score (nSPS) is 22.4. The van der Waals surface area contributed by atoms with Gasteiger partial charge in [-0.3, -0.25) is 18.9 Å². The van der Waals surface area contributed by atoms with Crippen molar-refractivity contribution in [1.82, 2.24) is 20.2 Å². The number of hydrogen-bond acceptors (Lipinski definition) is 17. The lowest BCUT2D eigenvalue weighted by molar-refractivity contribution is -0.178. The predicted octanol–water partition coefficient (Wildman–Crippen LogP) is 1.59. The molecule has 290 valence electrons. The van der Waals surface area contributed by atoms with Crippen molar-refractivity contribution in [2.75, 3.05) is 33.9 Å². The molecule has 4 N–H and O–H groups in total. The Morgan fingerprint density at radius 2 is 1.57 bits per heavy atom. The number of carbonyl (C=O) groups excluding carboxylic acids is 4. The molecule has 1 aliphatic rings. The van der Waals surface area contributed by atoms with E-state index in [0.717, 1.165) is 19.2 Å². The molecule has 1 aromatic rings. The second-order valence-corrected chi connectivity index (χ2v) is 13.7. The van der Waals surface area contributed by atoms with Crippen LogP contribution in [0.5, 0.6) is 0 Å². The third-order valence-electron chi connectivity index (χ3n) is 6.76. The van der Waals surface area contributed by atoms with Crippen molar-refractivity contribution in [2.45, 2.75) is 90.2 Å². The van der Waals surface area contributed by atoms with Crippen molar-refractivity contribution in [3.8, 4) is 0 Å². The summed E-state index contributed by atoms with van der Waals surface area (Å²) >= 11 is 0. The molecule has 0 aliphatic carbocycles. The van der Waals surface area contributed by atoms with Gasteiger partial charge in [-0.25, -0.2) is 42.0 Å². The molecule has 2 rings (SSSR count). The molecule has 21 nitrogen and oxygen atoms in total. The highest BCUT2D eigenvalue weighted by Gasteiger charge is 2.66. The Bertz CT molecular complexity index is 1500. The molecule has 2 heterocycles. The van der Waals surface area contributed by atoms with Crippen molar-refractivity contribution in [1.29, 1.82) is 0 Å². The number of H-pyrrole nitrogens is 1. The molecule has 2 amide bonds. The van der Waals surface area contributed by atoms with E-state index < -0.39 is 118 Å². The highest BCUT2D eigenvalue weighted by Crippen LogP contribution is 2.53. The lowest BCUT2D eigenvalue weighted by Crippen LogP contribution is -2.58. The van der Waals surface area contributed by atoms with Crippen LogP contribution in [-0.2, 0) is 51.4 Å². The van der Waals surface area contributed by atoms with Gasteiger partial charge in [0.05, 0.1) is 18.8 Å². The number of nitrogens with one attached hydrogen (secondary N) is 3. The molecule has 1 unspecified atom stereocenters. The number of ether oxygens (including phenoxy) is 6. The summed E-state index contributed by atoms with van der Waals surface area (Å²) in [5.41, 5.74) is -7.12. The summed E-state index contributed by atoms with van der Waals surface area (Å²) in [7, 11) is -3.81. The molecule has 23 heteroatoms. The molecule has 1 aliphatic heterocycles. The van der Waals surface area contributed by atoms with Crippen molar-refractivity contribution in [2.24, 2.45) is 5.92 Å². The van der Waals surface area contributed by atoms with Gasteiger partial charge in [-0.05, 0) is 40.5 Å².